The summed E-state index contributed by atoms with van der Waals surface area (Å²) in [5.74, 6) is -1.66. The summed E-state index contributed by atoms with van der Waals surface area (Å²) in [6.07, 6.45) is 0. The van der Waals surface area contributed by atoms with E-state index in [-0.39, 0.29) is 5.56 Å². The van der Waals surface area contributed by atoms with Crippen LogP contribution in [0, 0.1) is 12.7 Å². The molecule has 0 aliphatic heterocycles. The number of anilines is 1. The van der Waals surface area contributed by atoms with Crippen molar-refractivity contribution in [3.8, 4) is 0 Å². The van der Waals surface area contributed by atoms with Crippen molar-refractivity contribution in [2.45, 2.75) is 11.8 Å². The van der Waals surface area contributed by atoms with Crippen molar-refractivity contribution in [1.29, 1.82) is 0 Å². The molecule has 0 bridgehead atoms. The summed E-state index contributed by atoms with van der Waals surface area (Å²) in [6, 6.07) is 7.85. The standard InChI is InChI=1S/C14H12ClFN2O3S/c1-8-6-10(15)3-4-12(8)18-14(19)9-2-5-13(11(16)7-9)22(17,20)21/h2-7H,1H3,(H,18,19)(H2,17,20,21). The normalized spacial score (nSPS) is 11.3. The molecule has 0 fully saturated rings. The zero-order chi connectivity index (χ0) is 16.5. The highest BCUT2D eigenvalue weighted by molar-refractivity contribution is 7.89. The first-order chi connectivity index (χ1) is 10.2. The quantitative estimate of drug-likeness (QED) is 0.898. The van der Waals surface area contributed by atoms with E-state index in [9.17, 15) is 17.6 Å². The second kappa shape index (κ2) is 6.04. The van der Waals surface area contributed by atoms with Gasteiger partial charge in [-0.15, -0.1) is 0 Å². The maximum atomic E-state index is 13.7. The molecule has 0 atom stereocenters. The number of halogens is 2. The van der Waals surface area contributed by atoms with E-state index in [1.807, 2.05) is 0 Å². The van der Waals surface area contributed by atoms with Gasteiger partial charge in [0.25, 0.3) is 5.91 Å². The maximum Gasteiger partial charge on any atom is 0.255 e. The van der Waals surface area contributed by atoms with Crippen LogP contribution in [0.4, 0.5) is 10.1 Å². The fourth-order valence-electron chi connectivity index (χ4n) is 1.83. The molecule has 116 valence electrons. The number of nitrogens with one attached hydrogen (secondary N) is 1. The lowest BCUT2D eigenvalue weighted by molar-refractivity contribution is 0.102. The average molecular weight is 343 g/mol. The highest BCUT2D eigenvalue weighted by Crippen LogP contribution is 2.21. The smallest absolute Gasteiger partial charge is 0.255 e. The zero-order valence-corrected chi connectivity index (χ0v) is 13.0. The molecule has 0 aliphatic rings. The predicted octanol–water partition coefficient (Wildman–Crippen LogP) is 2.69. The molecule has 0 aliphatic carbocycles. The molecule has 1 amide bonds. The van der Waals surface area contributed by atoms with E-state index in [4.69, 9.17) is 16.7 Å². The maximum absolute atomic E-state index is 13.7. The number of rotatable bonds is 3. The summed E-state index contributed by atoms with van der Waals surface area (Å²) in [6.45, 7) is 1.76. The van der Waals surface area contributed by atoms with Gasteiger partial charge in [0, 0.05) is 16.3 Å². The van der Waals surface area contributed by atoms with Gasteiger partial charge in [0.2, 0.25) is 10.0 Å². The van der Waals surface area contributed by atoms with Crippen LogP contribution in [0.2, 0.25) is 5.02 Å². The molecule has 0 unspecified atom stereocenters. The third kappa shape index (κ3) is 3.62. The Labute approximate surface area is 131 Å². The van der Waals surface area contributed by atoms with Gasteiger partial charge in [0.05, 0.1) is 0 Å². The molecule has 8 heteroatoms. The number of amides is 1. The fraction of sp³-hybridized carbons (Fsp3) is 0.0714. The minimum atomic E-state index is -4.17. The van der Waals surface area contributed by atoms with Crippen LogP contribution < -0.4 is 10.5 Å². The molecule has 22 heavy (non-hydrogen) atoms. The number of hydrogen-bond donors (Lipinski definition) is 2. The van der Waals surface area contributed by atoms with Crippen LogP contribution in [-0.4, -0.2) is 14.3 Å². The first kappa shape index (κ1) is 16.4. The Bertz CT molecular complexity index is 853. The number of carbonyl (C=O) groups is 1. The minimum Gasteiger partial charge on any atom is -0.322 e. The molecular formula is C14H12ClFN2O3S. The molecular weight excluding hydrogens is 331 g/mol. The molecule has 0 aromatic heterocycles. The number of nitrogens with two attached hydrogens (primary N) is 1. The second-order valence-corrected chi connectivity index (χ2v) is 6.57. The lowest BCUT2D eigenvalue weighted by Gasteiger charge is -2.09. The first-order valence-electron chi connectivity index (χ1n) is 6.08. The lowest BCUT2D eigenvalue weighted by atomic mass is 10.1. The van der Waals surface area contributed by atoms with Crippen LogP contribution in [0.25, 0.3) is 0 Å². The third-order valence-electron chi connectivity index (χ3n) is 2.94. The number of benzene rings is 2. The minimum absolute atomic E-state index is 0.0285. The van der Waals surface area contributed by atoms with Crippen LogP contribution in [0.1, 0.15) is 15.9 Å². The van der Waals surface area contributed by atoms with Crippen LogP contribution in [0.5, 0.6) is 0 Å². The Kier molecular flexibility index (Phi) is 4.50. The van der Waals surface area contributed by atoms with E-state index >= 15 is 0 Å². The van der Waals surface area contributed by atoms with Gasteiger partial charge in [-0.25, -0.2) is 17.9 Å². The summed E-state index contributed by atoms with van der Waals surface area (Å²) in [5, 5.41) is 7.98. The third-order valence-corrected chi connectivity index (χ3v) is 4.12. The van der Waals surface area contributed by atoms with Crippen molar-refractivity contribution in [3.05, 3.63) is 58.4 Å². The summed E-state index contributed by atoms with van der Waals surface area (Å²) < 4.78 is 36.0. The second-order valence-electron chi connectivity index (χ2n) is 4.60. The van der Waals surface area contributed by atoms with Crippen molar-refractivity contribution < 1.29 is 17.6 Å². The predicted molar refractivity (Wildman–Crippen MR) is 81.9 cm³/mol. The van der Waals surface area contributed by atoms with Gasteiger partial charge in [0.15, 0.2) is 0 Å². The largest absolute Gasteiger partial charge is 0.322 e. The Hall–Kier alpha value is -1.96. The van der Waals surface area contributed by atoms with Crippen LogP contribution in [0.3, 0.4) is 0 Å². The van der Waals surface area contributed by atoms with Crippen molar-refractivity contribution in [2.24, 2.45) is 5.14 Å². The monoisotopic (exact) mass is 342 g/mol. The van der Waals surface area contributed by atoms with Crippen LogP contribution in [0.15, 0.2) is 41.3 Å². The Morgan fingerprint density at radius 3 is 2.45 bits per heavy atom. The molecule has 3 N–H and O–H groups in total. The Morgan fingerprint density at radius 2 is 1.91 bits per heavy atom. The highest BCUT2D eigenvalue weighted by Gasteiger charge is 2.17. The van der Waals surface area contributed by atoms with E-state index in [0.717, 1.165) is 17.7 Å². The molecule has 0 saturated heterocycles. The van der Waals surface area contributed by atoms with Crippen LogP contribution in [-0.2, 0) is 10.0 Å². The topological polar surface area (TPSA) is 89.3 Å². The van der Waals surface area contributed by atoms with Gasteiger partial charge in [-0.2, -0.15) is 0 Å². The van der Waals surface area contributed by atoms with Crippen molar-refractivity contribution in [3.63, 3.8) is 0 Å². The molecule has 5 nitrogen and oxygen atoms in total. The van der Waals surface area contributed by atoms with Crippen LogP contribution >= 0.6 is 11.6 Å². The number of sulfonamides is 1. The van der Waals surface area contributed by atoms with E-state index < -0.39 is 26.6 Å². The molecule has 2 rings (SSSR count). The highest BCUT2D eigenvalue weighted by atomic mass is 35.5. The summed E-state index contributed by atoms with van der Waals surface area (Å²) in [7, 11) is -4.17. The summed E-state index contributed by atoms with van der Waals surface area (Å²) in [4.78, 5) is 11.4. The van der Waals surface area contributed by atoms with E-state index in [2.05, 4.69) is 5.32 Å². The van der Waals surface area contributed by atoms with Gasteiger partial charge in [-0.05, 0) is 48.9 Å². The molecule has 0 saturated carbocycles. The molecule has 0 spiro atoms. The Balaban J connectivity index is 2.29. The number of hydrogen-bond acceptors (Lipinski definition) is 3. The van der Waals surface area contributed by atoms with Crippen molar-refractivity contribution in [1.82, 2.24) is 0 Å². The number of carbonyl (C=O) groups excluding carboxylic acids is 1. The molecule has 2 aromatic rings. The van der Waals surface area contributed by atoms with Gasteiger partial charge in [-0.1, -0.05) is 11.6 Å². The molecule has 0 radical (unpaired) electrons. The van der Waals surface area contributed by atoms with Crippen molar-refractivity contribution >= 4 is 33.2 Å². The Morgan fingerprint density at radius 1 is 1.23 bits per heavy atom. The zero-order valence-electron chi connectivity index (χ0n) is 11.4. The fourth-order valence-corrected chi connectivity index (χ4v) is 2.65. The van der Waals surface area contributed by atoms with E-state index in [0.29, 0.717) is 10.7 Å². The molecule has 0 heterocycles. The summed E-state index contributed by atoms with van der Waals surface area (Å²) in [5.41, 5.74) is 1.23. The number of primary sulfonamides is 1. The van der Waals surface area contributed by atoms with Gasteiger partial charge in [0.1, 0.15) is 10.7 Å². The van der Waals surface area contributed by atoms with Gasteiger partial charge >= 0.3 is 0 Å². The SMILES string of the molecule is Cc1cc(Cl)ccc1NC(=O)c1ccc(S(N)(=O)=O)c(F)c1. The first-order valence-corrected chi connectivity index (χ1v) is 8.01. The van der Waals surface area contributed by atoms with Gasteiger partial charge < -0.3 is 5.32 Å². The summed E-state index contributed by atoms with van der Waals surface area (Å²) >= 11 is 5.82. The lowest BCUT2D eigenvalue weighted by Crippen LogP contribution is -2.16. The van der Waals surface area contributed by atoms with Crippen molar-refractivity contribution in [2.75, 3.05) is 5.32 Å². The average Bonchev–Trinajstić information content (AvgIpc) is 2.40. The number of aryl methyl sites for hydroxylation is 1. The van der Waals surface area contributed by atoms with E-state index in [1.54, 1.807) is 25.1 Å². The van der Waals surface area contributed by atoms with E-state index in [1.165, 1.54) is 6.07 Å². The van der Waals surface area contributed by atoms with Gasteiger partial charge in [-0.3, -0.25) is 4.79 Å². The molecule has 2 aromatic carbocycles.